The summed E-state index contributed by atoms with van der Waals surface area (Å²) >= 11 is 1.67. The predicted octanol–water partition coefficient (Wildman–Crippen LogP) is 4.01. The standard InChI is InChI=1S/C19H27N3OS.ClH/c1-14-4-6-16(7-5-14)23-11-18-21-15(12-24-18)10-22-9-8-17(20)19(2,3)13-22;/h4-7,12,17H,8-11,13,20H2,1-3H3;1H. The van der Waals surface area contributed by atoms with Crippen molar-refractivity contribution >= 4 is 23.7 Å². The van der Waals surface area contributed by atoms with E-state index in [9.17, 15) is 0 Å². The van der Waals surface area contributed by atoms with Crippen molar-refractivity contribution in [3.63, 3.8) is 0 Å². The van der Waals surface area contributed by atoms with Crippen molar-refractivity contribution in [3.05, 3.63) is 45.9 Å². The van der Waals surface area contributed by atoms with E-state index in [1.165, 1.54) is 5.56 Å². The second-order valence-corrected chi connectivity index (χ2v) is 8.37. The molecule has 1 fully saturated rings. The number of hydrogen-bond acceptors (Lipinski definition) is 5. The van der Waals surface area contributed by atoms with Crippen LogP contribution in [0.3, 0.4) is 0 Å². The van der Waals surface area contributed by atoms with E-state index in [0.717, 1.165) is 42.5 Å². The first-order chi connectivity index (χ1) is 11.4. The largest absolute Gasteiger partial charge is 0.486 e. The molecule has 3 rings (SSSR count). The van der Waals surface area contributed by atoms with Crippen LogP contribution in [0, 0.1) is 12.3 Å². The van der Waals surface area contributed by atoms with E-state index in [-0.39, 0.29) is 17.8 Å². The van der Waals surface area contributed by atoms with Crippen molar-refractivity contribution in [1.29, 1.82) is 0 Å². The lowest BCUT2D eigenvalue weighted by Crippen LogP contribution is -2.52. The highest BCUT2D eigenvalue weighted by Crippen LogP contribution is 2.28. The zero-order chi connectivity index (χ0) is 17.2. The predicted molar refractivity (Wildman–Crippen MR) is 107 cm³/mol. The molecule has 138 valence electrons. The number of nitrogens with zero attached hydrogens (tertiary/aromatic N) is 2. The Morgan fingerprint density at radius 2 is 2.04 bits per heavy atom. The Morgan fingerprint density at radius 3 is 2.72 bits per heavy atom. The van der Waals surface area contributed by atoms with Crippen LogP contribution in [0.1, 0.15) is 36.5 Å². The van der Waals surface area contributed by atoms with E-state index in [1.807, 2.05) is 12.1 Å². The van der Waals surface area contributed by atoms with E-state index in [0.29, 0.717) is 12.6 Å². The van der Waals surface area contributed by atoms with Crippen molar-refractivity contribution in [2.24, 2.45) is 11.1 Å². The molecule has 4 nitrogen and oxygen atoms in total. The number of benzene rings is 1. The fourth-order valence-electron chi connectivity index (χ4n) is 3.12. The number of thiazole rings is 1. The molecule has 1 aliphatic heterocycles. The number of hydrogen-bond donors (Lipinski definition) is 1. The molecular formula is C19H28ClN3OS. The summed E-state index contributed by atoms with van der Waals surface area (Å²) in [5.41, 5.74) is 8.76. The molecule has 1 aromatic carbocycles. The Balaban J connectivity index is 0.00000225. The van der Waals surface area contributed by atoms with Gasteiger partial charge in [-0.1, -0.05) is 31.5 Å². The van der Waals surface area contributed by atoms with Gasteiger partial charge in [0.25, 0.3) is 0 Å². The van der Waals surface area contributed by atoms with Gasteiger partial charge in [-0.15, -0.1) is 23.7 Å². The summed E-state index contributed by atoms with van der Waals surface area (Å²) in [4.78, 5) is 7.19. The first kappa shape index (κ1) is 20.2. The Morgan fingerprint density at radius 1 is 1.32 bits per heavy atom. The van der Waals surface area contributed by atoms with Gasteiger partial charge in [-0.25, -0.2) is 4.98 Å². The third kappa shape index (κ3) is 5.42. The molecule has 0 amide bonds. The lowest BCUT2D eigenvalue weighted by atomic mass is 9.80. The maximum absolute atomic E-state index is 6.22. The molecule has 2 heterocycles. The van der Waals surface area contributed by atoms with Crippen LogP contribution in [-0.4, -0.2) is 29.0 Å². The highest BCUT2D eigenvalue weighted by atomic mass is 35.5. The number of piperidine rings is 1. The van der Waals surface area contributed by atoms with Gasteiger partial charge in [-0.3, -0.25) is 4.90 Å². The van der Waals surface area contributed by atoms with Crippen LogP contribution in [0.2, 0.25) is 0 Å². The highest BCUT2D eigenvalue weighted by molar-refractivity contribution is 7.09. The topological polar surface area (TPSA) is 51.4 Å². The second-order valence-electron chi connectivity index (χ2n) is 7.43. The van der Waals surface area contributed by atoms with Crippen molar-refractivity contribution in [1.82, 2.24) is 9.88 Å². The van der Waals surface area contributed by atoms with Gasteiger partial charge in [0.1, 0.15) is 17.4 Å². The van der Waals surface area contributed by atoms with E-state index in [2.05, 4.69) is 43.2 Å². The Bertz CT molecular complexity index is 672. The number of ether oxygens (including phenoxy) is 1. The minimum absolute atomic E-state index is 0. The van der Waals surface area contributed by atoms with E-state index >= 15 is 0 Å². The molecule has 1 saturated heterocycles. The molecular weight excluding hydrogens is 354 g/mol. The number of aromatic nitrogens is 1. The number of likely N-dealkylation sites (tertiary alicyclic amines) is 1. The molecule has 0 spiro atoms. The van der Waals surface area contributed by atoms with Crippen LogP contribution in [0.5, 0.6) is 5.75 Å². The van der Waals surface area contributed by atoms with Gasteiger partial charge in [0.2, 0.25) is 0 Å². The van der Waals surface area contributed by atoms with Gasteiger partial charge in [0, 0.05) is 31.1 Å². The van der Waals surface area contributed by atoms with Gasteiger partial charge >= 0.3 is 0 Å². The molecule has 6 heteroatoms. The van der Waals surface area contributed by atoms with E-state index in [4.69, 9.17) is 15.5 Å². The van der Waals surface area contributed by atoms with Gasteiger partial charge in [0.15, 0.2) is 0 Å². The second kappa shape index (κ2) is 8.49. The molecule has 0 aliphatic carbocycles. The molecule has 1 aliphatic rings. The van der Waals surface area contributed by atoms with Crippen molar-refractivity contribution in [2.45, 2.75) is 46.4 Å². The summed E-state index contributed by atoms with van der Waals surface area (Å²) in [7, 11) is 0. The van der Waals surface area contributed by atoms with Crippen molar-refractivity contribution < 1.29 is 4.74 Å². The minimum Gasteiger partial charge on any atom is -0.486 e. The molecule has 1 atom stereocenters. The number of halogens is 1. The SMILES string of the molecule is Cc1ccc(OCc2nc(CN3CCC(N)C(C)(C)C3)cs2)cc1.Cl. The summed E-state index contributed by atoms with van der Waals surface area (Å²) in [5, 5.41) is 3.17. The first-order valence-electron chi connectivity index (χ1n) is 8.53. The molecule has 0 bridgehead atoms. The average Bonchev–Trinajstić information content (AvgIpc) is 2.98. The normalized spacial score (nSPS) is 20.1. The van der Waals surface area contributed by atoms with Crippen molar-refractivity contribution in [3.8, 4) is 5.75 Å². The quantitative estimate of drug-likeness (QED) is 0.850. The fourth-order valence-corrected chi connectivity index (χ4v) is 3.81. The van der Waals surface area contributed by atoms with Gasteiger partial charge in [0.05, 0.1) is 5.69 Å². The maximum Gasteiger partial charge on any atom is 0.140 e. The van der Waals surface area contributed by atoms with Crippen LogP contribution in [-0.2, 0) is 13.2 Å². The third-order valence-electron chi connectivity index (χ3n) is 4.76. The van der Waals surface area contributed by atoms with Gasteiger partial charge in [-0.05, 0) is 30.9 Å². The summed E-state index contributed by atoms with van der Waals surface area (Å²) < 4.78 is 5.82. The van der Waals surface area contributed by atoms with Crippen LogP contribution < -0.4 is 10.5 Å². The van der Waals surface area contributed by atoms with E-state index < -0.39 is 0 Å². The third-order valence-corrected chi connectivity index (χ3v) is 5.63. The number of rotatable bonds is 5. The molecule has 1 unspecified atom stereocenters. The lowest BCUT2D eigenvalue weighted by Gasteiger charge is -2.42. The Hall–Kier alpha value is -1.14. The lowest BCUT2D eigenvalue weighted by molar-refractivity contribution is 0.0890. The molecule has 25 heavy (non-hydrogen) atoms. The van der Waals surface area contributed by atoms with Crippen LogP contribution in [0.4, 0.5) is 0 Å². The number of nitrogens with two attached hydrogens (primary N) is 1. The summed E-state index contributed by atoms with van der Waals surface area (Å²) in [6, 6.07) is 8.42. The van der Waals surface area contributed by atoms with Crippen LogP contribution in [0.15, 0.2) is 29.6 Å². The highest BCUT2D eigenvalue weighted by Gasteiger charge is 2.33. The molecule has 2 N–H and O–H groups in total. The number of aryl methyl sites for hydroxylation is 1. The zero-order valence-electron chi connectivity index (χ0n) is 15.2. The maximum atomic E-state index is 6.22. The molecule has 0 radical (unpaired) electrons. The summed E-state index contributed by atoms with van der Waals surface area (Å²) in [5.74, 6) is 0.893. The summed E-state index contributed by atoms with van der Waals surface area (Å²) in [6.07, 6.45) is 1.06. The van der Waals surface area contributed by atoms with E-state index in [1.54, 1.807) is 11.3 Å². The summed E-state index contributed by atoms with van der Waals surface area (Å²) in [6.45, 7) is 10.1. The van der Waals surface area contributed by atoms with Gasteiger partial charge < -0.3 is 10.5 Å². The minimum atomic E-state index is 0. The average molecular weight is 382 g/mol. The zero-order valence-corrected chi connectivity index (χ0v) is 16.8. The molecule has 0 saturated carbocycles. The van der Waals surface area contributed by atoms with Gasteiger partial charge in [-0.2, -0.15) is 0 Å². The fraction of sp³-hybridized carbons (Fsp3) is 0.526. The molecule has 1 aromatic heterocycles. The smallest absolute Gasteiger partial charge is 0.140 e. The molecule has 2 aromatic rings. The van der Waals surface area contributed by atoms with Crippen LogP contribution >= 0.6 is 23.7 Å². The van der Waals surface area contributed by atoms with Crippen molar-refractivity contribution in [2.75, 3.05) is 13.1 Å². The van der Waals surface area contributed by atoms with Crippen LogP contribution in [0.25, 0.3) is 0 Å². The Kier molecular flexibility index (Phi) is 6.86. The first-order valence-corrected chi connectivity index (χ1v) is 9.41. The Labute approximate surface area is 160 Å². The monoisotopic (exact) mass is 381 g/mol.